The fourth-order valence-corrected chi connectivity index (χ4v) is 5.33. The number of nitrogens with zero attached hydrogens (tertiary/aromatic N) is 4. The van der Waals surface area contributed by atoms with E-state index in [1.54, 1.807) is 16.4 Å². The lowest BCUT2D eigenvalue weighted by molar-refractivity contribution is -0.121. The van der Waals surface area contributed by atoms with Gasteiger partial charge < -0.3 is 4.90 Å². The van der Waals surface area contributed by atoms with E-state index in [2.05, 4.69) is 11.0 Å². The Morgan fingerprint density at radius 1 is 1.14 bits per heavy atom. The molecule has 0 atom stereocenters. The number of hydrogen-bond acceptors (Lipinski definition) is 6. The van der Waals surface area contributed by atoms with Crippen LogP contribution in [0.25, 0.3) is 6.08 Å². The number of carbonyl (C=O) groups is 1. The second-order valence-corrected chi connectivity index (χ2v) is 8.90. The van der Waals surface area contributed by atoms with Gasteiger partial charge in [-0.1, -0.05) is 36.8 Å². The Bertz CT molecular complexity index is 966. The first-order valence-corrected chi connectivity index (χ1v) is 11.3. The van der Waals surface area contributed by atoms with E-state index in [0.717, 1.165) is 37.3 Å². The average Bonchev–Trinajstić information content (AvgIpc) is 2.87. The lowest BCUT2D eigenvalue weighted by Gasteiger charge is -2.29. The number of carbonyl (C=O) groups excluding carboxylic acids is 1. The van der Waals surface area contributed by atoms with Crippen LogP contribution in [-0.2, 0) is 11.3 Å². The number of hydrogen-bond donors (Lipinski definition) is 0. The van der Waals surface area contributed by atoms with Crippen molar-refractivity contribution in [3.63, 3.8) is 0 Å². The molecule has 0 aromatic carbocycles. The van der Waals surface area contributed by atoms with Crippen molar-refractivity contribution in [1.29, 1.82) is 5.26 Å². The van der Waals surface area contributed by atoms with Gasteiger partial charge in [-0.2, -0.15) is 5.26 Å². The summed E-state index contributed by atoms with van der Waals surface area (Å²) < 4.78 is 2.23. The molecule has 0 aliphatic carbocycles. The van der Waals surface area contributed by atoms with E-state index >= 15 is 0 Å². The minimum absolute atomic E-state index is 0.114. The van der Waals surface area contributed by atoms with Crippen LogP contribution in [0.2, 0.25) is 0 Å². The van der Waals surface area contributed by atoms with Crippen LogP contribution in [0.4, 0.5) is 5.82 Å². The normalized spacial score (nSPS) is 19.0. The number of pyridine rings is 1. The van der Waals surface area contributed by atoms with E-state index in [-0.39, 0.29) is 17.0 Å². The average molecular weight is 431 g/mol. The standard InChI is InChI=1S/C21H26N4O2S2/c1-4-24-18(23-10-8-6-7-9-11-23)15(14(3)16(13-22)19(24)26)12-17-20(27)25(5-2)21(28)29-17/h12H,4-11H2,1-3H3/b17-12-. The first-order chi connectivity index (χ1) is 13.9. The SMILES string of the molecule is CCN1C(=O)/C(=C/c2c(C)c(C#N)c(=O)n(CC)c2N2CCCCCC2)SC1=S. The third-order valence-electron chi connectivity index (χ3n) is 5.53. The molecule has 1 amide bonds. The van der Waals surface area contributed by atoms with Crippen molar-refractivity contribution in [3.8, 4) is 6.07 Å². The van der Waals surface area contributed by atoms with Crippen LogP contribution < -0.4 is 10.5 Å². The number of thioether (sulfide) groups is 1. The second kappa shape index (κ2) is 9.14. The highest BCUT2D eigenvalue weighted by Crippen LogP contribution is 2.36. The van der Waals surface area contributed by atoms with Crippen LogP contribution in [0.15, 0.2) is 9.70 Å². The molecule has 0 radical (unpaired) electrons. The van der Waals surface area contributed by atoms with Gasteiger partial charge in [-0.15, -0.1) is 0 Å². The minimum Gasteiger partial charge on any atom is -0.357 e. The predicted molar refractivity (Wildman–Crippen MR) is 122 cm³/mol. The van der Waals surface area contributed by atoms with Crippen molar-refractivity contribution in [1.82, 2.24) is 9.47 Å². The summed E-state index contributed by atoms with van der Waals surface area (Å²) in [6.07, 6.45) is 6.30. The summed E-state index contributed by atoms with van der Waals surface area (Å²) in [4.78, 5) is 30.1. The van der Waals surface area contributed by atoms with Gasteiger partial charge in [0.2, 0.25) is 0 Å². The van der Waals surface area contributed by atoms with Crippen LogP contribution >= 0.6 is 24.0 Å². The molecule has 0 bridgehead atoms. The highest BCUT2D eigenvalue weighted by atomic mass is 32.2. The van der Waals surface area contributed by atoms with Crippen molar-refractivity contribution in [2.24, 2.45) is 0 Å². The van der Waals surface area contributed by atoms with Gasteiger partial charge in [0.15, 0.2) is 0 Å². The molecule has 154 valence electrons. The van der Waals surface area contributed by atoms with Crippen LogP contribution in [0.1, 0.15) is 56.2 Å². The van der Waals surface area contributed by atoms with Gasteiger partial charge in [0.25, 0.3) is 11.5 Å². The lowest BCUT2D eigenvalue weighted by Crippen LogP contribution is -2.35. The molecule has 3 rings (SSSR count). The first-order valence-electron chi connectivity index (χ1n) is 10.1. The van der Waals surface area contributed by atoms with Crippen molar-refractivity contribution >= 4 is 46.1 Å². The highest BCUT2D eigenvalue weighted by Gasteiger charge is 2.32. The third kappa shape index (κ3) is 3.99. The van der Waals surface area contributed by atoms with Crippen LogP contribution in [0.5, 0.6) is 0 Å². The maximum Gasteiger partial charge on any atom is 0.270 e. The molecular formula is C21H26N4O2S2. The molecular weight excluding hydrogens is 404 g/mol. The summed E-state index contributed by atoms with van der Waals surface area (Å²) in [5.74, 6) is 0.703. The zero-order valence-corrected chi connectivity index (χ0v) is 18.8. The number of likely N-dealkylation sites (N-methyl/N-ethyl adjacent to an activating group) is 1. The van der Waals surface area contributed by atoms with Gasteiger partial charge in [0.1, 0.15) is 21.8 Å². The molecule has 0 unspecified atom stereocenters. The van der Waals surface area contributed by atoms with E-state index < -0.39 is 0 Å². The quantitative estimate of drug-likeness (QED) is 0.536. The summed E-state index contributed by atoms with van der Waals surface area (Å²) in [6, 6.07) is 2.08. The van der Waals surface area contributed by atoms with Gasteiger partial charge in [-0.3, -0.25) is 19.1 Å². The minimum atomic E-state index is -0.259. The summed E-state index contributed by atoms with van der Waals surface area (Å²) in [6.45, 7) is 8.33. The number of aromatic nitrogens is 1. The van der Waals surface area contributed by atoms with Gasteiger partial charge in [-0.05, 0) is 45.3 Å². The third-order valence-corrected chi connectivity index (χ3v) is 6.91. The Morgan fingerprint density at radius 2 is 1.79 bits per heavy atom. The largest absolute Gasteiger partial charge is 0.357 e. The Kier molecular flexibility index (Phi) is 6.81. The summed E-state index contributed by atoms with van der Waals surface area (Å²) >= 11 is 6.63. The number of rotatable bonds is 4. The zero-order valence-electron chi connectivity index (χ0n) is 17.2. The van der Waals surface area contributed by atoms with E-state index in [9.17, 15) is 14.9 Å². The van der Waals surface area contributed by atoms with Crippen LogP contribution in [-0.4, -0.2) is 39.3 Å². The van der Waals surface area contributed by atoms with Gasteiger partial charge in [0, 0.05) is 31.7 Å². The lowest BCUT2D eigenvalue weighted by atomic mass is 10.0. The van der Waals surface area contributed by atoms with Crippen molar-refractivity contribution in [2.75, 3.05) is 24.5 Å². The molecule has 1 aromatic heterocycles. The Hall–Kier alpha value is -2.11. The van der Waals surface area contributed by atoms with E-state index in [1.165, 1.54) is 24.6 Å². The number of anilines is 1. The van der Waals surface area contributed by atoms with Gasteiger partial charge in [0.05, 0.1) is 4.91 Å². The molecule has 2 aliphatic rings. The Balaban J connectivity index is 2.25. The fraction of sp³-hybridized carbons (Fsp3) is 0.524. The van der Waals surface area contributed by atoms with Gasteiger partial charge >= 0.3 is 0 Å². The highest BCUT2D eigenvalue weighted by molar-refractivity contribution is 8.26. The van der Waals surface area contributed by atoms with Crippen LogP contribution in [0.3, 0.4) is 0 Å². The first kappa shape index (κ1) is 21.6. The molecule has 0 N–H and O–H groups in total. The molecule has 2 fully saturated rings. The maximum atomic E-state index is 13.0. The summed E-state index contributed by atoms with van der Waals surface area (Å²) in [5.41, 5.74) is 1.29. The number of nitriles is 1. The zero-order chi connectivity index (χ0) is 21.1. The molecule has 1 aromatic rings. The van der Waals surface area contributed by atoms with E-state index in [0.29, 0.717) is 27.9 Å². The van der Waals surface area contributed by atoms with Crippen LogP contribution in [0, 0.1) is 18.3 Å². The maximum absolute atomic E-state index is 13.0. The molecule has 29 heavy (non-hydrogen) atoms. The molecule has 6 nitrogen and oxygen atoms in total. The van der Waals surface area contributed by atoms with Crippen molar-refractivity contribution in [3.05, 3.63) is 31.9 Å². The number of thiocarbonyl (C=S) groups is 1. The summed E-state index contributed by atoms with van der Waals surface area (Å²) in [7, 11) is 0. The smallest absolute Gasteiger partial charge is 0.270 e. The fourth-order valence-electron chi connectivity index (χ4n) is 3.96. The van der Waals surface area contributed by atoms with E-state index in [1.807, 2.05) is 19.9 Å². The molecule has 3 heterocycles. The summed E-state index contributed by atoms with van der Waals surface area (Å²) in [5, 5.41) is 9.63. The molecule has 2 aliphatic heterocycles. The van der Waals surface area contributed by atoms with E-state index in [4.69, 9.17) is 12.2 Å². The predicted octanol–water partition coefficient (Wildman–Crippen LogP) is 3.65. The van der Waals surface area contributed by atoms with Crippen molar-refractivity contribution in [2.45, 2.75) is 53.0 Å². The Morgan fingerprint density at radius 3 is 2.31 bits per heavy atom. The Labute approximate surface area is 181 Å². The molecule has 2 saturated heterocycles. The molecule has 8 heteroatoms. The molecule has 0 spiro atoms. The monoisotopic (exact) mass is 430 g/mol. The topological polar surface area (TPSA) is 69.3 Å². The number of amides is 1. The van der Waals surface area contributed by atoms with Crippen molar-refractivity contribution < 1.29 is 4.79 Å². The van der Waals surface area contributed by atoms with Gasteiger partial charge in [-0.25, -0.2) is 0 Å². The second-order valence-electron chi connectivity index (χ2n) is 7.23. The molecule has 0 saturated carbocycles.